The van der Waals surface area contributed by atoms with E-state index < -0.39 is 0 Å². The van der Waals surface area contributed by atoms with Gasteiger partial charge in [-0.05, 0) is 24.8 Å². The Morgan fingerprint density at radius 2 is 1.74 bits per heavy atom. The van der Waals surface area contributed by atoms with E-state index in [4.69, 9.17) is 0 Å². The topological polar surface area (TPSA) is 26.7 Å². The Morgan fingerprint density at radius 1 is 1.00 bits per heavy atom. The third-order valence-electron chi connectivity index (χ3n) is 4.64. The Morgan fingerprint density at radius 3 is 2.32 bits per heavy atom. The van der Waals surface area contributed by atoms with Crippen molar-refractivity contribution in [1.82, 2.24) is 9.80 Å². The van der Waals surface area contributed by atoms with Gasteiger partial charge in [-0.2, -0.15) is 0 Å². The van der Waals surface area contributed by atoms with E-state index in [9.17, 15) is 5.11 Å². The molecule has 0 unspecified atom stereocenters. The van der Waals surface area contributed by atoms with Gasteiger partial charge in [0.25, 0.3) is 0 Å². The van der Waals surface area contributed by atoms with Crippen LogP contribution >= 0.6 is 0 Å². The summed E-state index contributed by atoms with van der Waals surface area (Å²) in [7, 11) is 0. The molecule has 3 nitrogen and oxygen atoms in total. The van der Waals surface area contributed by atoms with Crippen molar-refractivity contribution in [2.45, 2.75) is 31.4 Å². The lowest BCUT2D eigenvalue weighted by atomic mass is 9.87. The van der Waals surface area contributed by atoms with Gasteiger partial charge < -0.3 is 10.0 Å². The van der Waals surface area contributed by atoms with Crippen LogP contribution in [-0.4, -0.2) is 59.8 Å². The molecular weight excluding hydrogens is 236 g/mol. The molecule has 1 N–H and O–H groups in total. The average Bonchev–Trinajstić information content (AvgIpc) is 2.46. The lowest BCUT2D eigenvalue weighted by molar-refractivity contribution is -0.0387. The van der Waals surface area contributed by atoms with Gasteiger partial charge >= 0.3 is 0 Å². The van der Waals surface area contributed by atoms with Crippen LogP contribution in [0, 0.1) is 0 Å². The number of rotatable bonds is 4. The first-order chi connectivity index (χ1) is 9.33. The summed E-state index contributed by atoms with van der Waals surface area (Å²) in [6.45, 7) is 5.70. The summed E-state index contributed by atoms with van der Waals surface area (Å²) in [5, 5.41) is 9.72. The maximum atomic E-state index is 9.72. The second-order valence-electron chi connectivity index (χ2n) is 5.83. The molecule has 1 heterocycles. The van der Waals surface area contributed by atoms with Crippen LogP contribution in [0.1, 0.15) is 18.4 Å². The highest BCUT2D eigenvalue weighted by molar-refractivity contribution is 5.14. The third kappa shape index (κ3) is 3.16. The van der Waals surface area contributed by atoms with Gasteiger partial charge in [-0.1, -0.05) is 30.3 Å². The fraction of sp³-hybridized carbons (Fsp3) is 0.625. The highest BCUT2D eigenvalue weighted by Gasteiger charge is 2.35. The predicted octanol–water partition coefficient (Wildman–Crippen LogP) is 1.37. The standard InChI is InChI=1S/C16H24N2O/c19-16-7-6-15(16)18-12-10-17(11-13-18)9-8-14-4-2-1-3-5-14/h1-5,15-16,19H,6-13H2/t15-,16-/m1/s1. The molecule has 0 spiro atoms. The van der Waals surface area contributed by atoms with Crippen molar-refractivity contribution in [2.24, 2.45) is 0 Å². The quantitative estimate of drug-likeness (QED) is 0.886. The summed E-state index contributed by atoms with van der Waals surface area (Å²) in [4.78, 5) is 5.03. The van der Waals surface area contributed by atoms with Crippen LogP contribution in [0.2, 0.25) is 0 Å². The Kier molecular flexibility index (Phi) is 4.16. The summed E-state index contributed by atoms with van der Waals surface area (Å²) < 4.78 is 0. The first kappa shape index (κ1) is 13.1. The van der Waals surface area contributed by atoms with Gasteiger partial charge in [0.2, 0.25) is 0 Å². The normalized spacial score (nSPS) is 29.1. The van der Waals surface area contributed by atoms with Crippen LogP contribution in [0.4, 0.5) is 0 Å². The van der Waals surface area contributed by atoms with Crippen LogP contribution in [-0.2, 0) is 6.42 Å². The smallest absolute Gasteiger partial charge is 0.0696 e. The molecule has 3 rings (SSSR count). The maximum Gasteiger partial charge on any atom is 0.0696 e. The van der Waals surface area contributed by atoms with E-state index in [1.807, 2.05) is 0 Å². The molecule has 1 aliphatic carbocycles. The molecule has 3 heteroatoms. The number of hydrogen-bond donors (Lipinski definition) is 1. The summed E-state index contributed by atoms with van der Waals surface area (Å²) in [6.07, 6.45) is 3.27. The van der Waals surface area contributed by atoms with Gasteiger partial charge in [0, 0.05) is 38.8 Å². The van der Waals surface area contributed by atoms with Crippen molar-refractivity contribution >= 4 is 0 Å². The highest BCUT2D eigenvalue weighted by atomic mass is 16.3. The molecule has 0 bridgehead atoms. The summed E-state index contributed by atoms with van der Waals surface area (Å²) in [5.41, 5.74) is 1.43. The highest BCUT2D eigenvalue weighted by Crippen LogP contribution is 2.26. The molecule has 0 radical (unpaired) electrons. The van der Waals surface area contributed by atoms with Crippen LogP contribution in [0.15, 0.2) is 30.3 Å². The van der Waals surface area contributed by atoms with Crippen molar-refractivity contribution in [2.75, 3.05) is 32.7 Å². The molecule has 2 atom stereocenters. The van der Waals surface area contributed by atoms with E-state index >= 15 is 0 Å². The van der Waals surface area contributed by atoms with Gasteiger partial charge in [0.05, 0.1) is 6.10 Å². The number of piperazine rings is 1. The van der Waals surface area contributed by atoms with E-state index in [-0.39, 0.29) is 6.10 Å². The average molecular weight is 260 g/mol. The van der Waals surface area contributed by atoms with Crippen molar-refractivity contribution in [3.8, 4) is 0 Å². The van der Waals surface area contributed by atoms with E-state index in [0.717, 1.165) is 45.6 Å². The summed E-state index contributed by atoms with van der Waals surface area (Å²) in [6, 6.07) is 11.2. The lowest BCUT2D eigenvalue weighted by Gasteiger charge is -2.45. The minimum Gasteiger partial charge on any atom is -0.391 e. The van der Waals surface area contributed by atoms with Crippen LogP contribution in [0.3, 0.4) is 0 Å². The largest absolute Gasteiger partial charge is 0.391 e. The van der Waals surface area contributed by atoms with E-state index in [0.29, 0.717) is 6.04 Å². The number of aliphatic hydroxyl groups is 1. The van der Waals surface area contributed by atoms with Gasteiger partial charge in [0.15, 0.2) is 0 Å². The Balaban J connectivity index is 1.41. The zero-order chi connectivity index (χ0) is 13.1. The van der Waals surface area contributed by atoms with Crippen molar-refractivity contribution < 1.29 is 5.11 Å². The molecule has 1 saturated carbocycles. The van der Waals surface area contributed by atoms with Crippen molar-refractivity contribution in [1.29, 1.82) is 0 Å². The first-order valence-electron chi connectivity index (χ1n) is 7.51. The van der Waals surface area contributed by atoms with Crippen molar-refractivity contribution in [3.63, 3.8) is 0 Å². The molecule has 0 amide bonds. The van der Waals surface area contributed by atoms with Gasteiger partial charge in [-0.15, -0.1) is 0 Å². The summed E-state index contributed by atoms with van der Waals surface area (Å²) >= 11 is 0. The summed E-state index contributed by atoms with van der Waals surface area (Å²) in [5.74, 6) is 0. The second kappa shape index (κ2) is 6.04. The number of nitrogens with zero attached hydrogens (tertiary/aromatic N) is 2. The van der Waals surface area contributed by atoms with Gasteiger partial charge in [-0.25, -0.2) is 0 Å². The lowest BCUT2D eigenvalue weighted by Crippen LogP contribution is -2.57. The monoisotopic (exact) mass is 260 g/mol. The minimum atomic E-state index is -0.0594. The molecule has 1 saturated heterocycles. The molecule has 2 aliphatic rings. The fourth-order valence-electron chi connectivity index (χ4n) is 3.14. The fourth-order valence-corrected chi connectivity index (χ4v) is 3.14. The molecule has 1 aromatic carbocycles. The predicted molar refractivity (Wildman–Crippen MR) is 77.2 cm³/mol. The molecule has 1 aliphatic heterocycles. The minimum absolute atomic E-state index is 0.0594. The van der Waals surface area contributed by atoms with E-state index in [1.54, 1.807) is 0 Å². The Labute approximate surface area is 115 Å². The first-order valence-corrected chi connectivity index (χ1v) is 7.51. The Hall–Kier alpha value is -0.900. The molecule has 104 valence electrons. The van der Waals surface area contributed by atoms with E-state index in [1.165, 1.54) is 12.0 Å². The maximum absolute atomic E-state index is 9.72. The zero-order valence-electron chi connectivity index (χ0n) is 11.5. The van der Waals surface area contributed by atoms with Crippen molar-refractivity contribution in [3.05, 3.63) is 35.9 Å². The molecular formula is C16H24N2O. The van der Waals surface area contributed by atoms with Gasteiger partial charge in [-0.3, -0.25) is 4.90 Å². The SMILES string of the molecule is O[C@@H]1CC[C@H]1N1CCN(CCc2ccccc2)CC1. The van der Waals surface area contributed by atoms with Crippen LogP contribution in [0.25, 0.3) is 0 Å². The van der Waals surface area contributed by atoms with E-state index in [2.05, 4.69) is 40.1 Å². The Bertz CT molecular complexity index is 387. The molecule has 2 fully saturated rings. The molecule has 1 aromatic rings. The zero-order valence-corrected chi connectivity index (χ0v) is 11.5. The van der Waals surface area contributed by atoms with Crippen LogP contribution in [0.5, 0.6) is 0 Å². The van der Waals surface area contributed by atoms with Crippen LogP contribution < -0.4 is 0 Å². The number of hydrogen-bond acceptors (Lipinski definition) is 3. The molecule has 19 heavy (non-hydrogen) atoms. The third-order valence-corrected chi connectivity index (χ3v) is 4.64. The number of benzene rings is 1. The number of aliphatic hydroxyl groups excluding tert-OH is 1. The molecule has 0 aromatic heterocycles. The van der Waals surface area contributed by atoms with Gasteiger partial charge in [0.1, 0.15) is 0 Å². The second-order valence-corrected chi connectivity index (χ2v) is 5.83.